The van der Waals surface area contributed by atoms with Gasteiger partial charge in [0.05, 0.1) is 35.2 Å². The van der Waals surface area contributed by atoms with Crippen LogP contribution in [0.5, 0.6) is 0 Å². The molecule has 0 saturated heterocycles. The zero-order valence-electron chi connectivity index (χ0n) is 19.9. The SMILES string of the molecule is [C-]#[N+]c1cccc(-c2c(-c3cccc([N+]#[C-])c3)c3nc4ccccc4nc3c3nc4ccccc4nc23)c1. The molecule has 38 heavy (non-hydrogen) atoms. The lowest BCUT2D eigenvalue weighted by Crippen LogP contribution is -1.99. The first-order valence-electron chi connectivity index (χ1n) is 12.0. The number of hydrogen-bond donors (Lipinski definition) is 0. The Morgan fingerprint density at radius 2 is 0.789 bits per heavy atom. The molecule has 174 valence electrons. The van der Waals surface area contributed by atoms with Gasteiger partial charge in [-0.05, 0) is 47.5 Å². The van der Waals surface area contributed by atoms with Gasteiger partial charge in [0.15, 0.2) is 11.4 Å². The molecule has 2 heterocycles. The van der Waals surface area contributed by atoms with E-state index in [9.17, 15) is 0 Å². The Labute approximate surface area is 217 Å². The van der Waals surface area contributed by atoms with Crippen molar-refractivity contribution in [3.05, 3.63) is 120 Å². The van der Waals surface area contributed by atoms with E-state index in [-0.39, 0.29) is 0 Å². The minimum absolute atomic E-state index is 0.523. The number of nitrogens with zero attached hydrogens (tertiary/aromatic N) is 6. The highest BCUT2D eigenvalue weighted by Gasteiger charge is 2.23. The Morgan fingerprint density at radius 3 is 1.16 bits per heavy atom. The van der Waals surface area contributed by atoms with Crippen LogP contribution in [-0.4, -0.2) is 19.9 Å². The first kappa shape index (κ1) is 21.6. The molecule has 0 amide bonds. The third-order valence-electron chi connectivity index (χ3n) is 6.62. The Morgan fingerprint density at radius 1 is 0.421 bits per heavy atom. The molecule has 0 N–H and O–H groups in total. The van der Waals surface area contributed by atoms with Gasteiger partial charge in [-0.25, -0.2) is 29.6 Å². The fraction of sp³-hybridized carbons (Fsp3) is 0. The van der Waals surface area contributed by atoms with Crippen molar-refractivity contribution >= 4 is 55.5 Å². The summed E-state index contributed by atoms with van der Waals surface area (Å²) in [6, 6.07) is 30.5. The first-order chi connectivity index (χ1) is 18.7. The van der Waals surface area contributed by atoms with Crippen LogP contribution in [0.3, 0.4) is 0 Å². The Bertz CT molecular complexity index is 2010. The van der Waals surface area contributed by atoms with Crippen LogP contribution in [0.25, 0.3) is 76.1 Å². The van der Waals surface area contributed by atoms with Crippen LogP contribution in [0, 0.1) is 13.1 Å². The fourth-order valence-electron chi connectivity index (χ4n) is 4.94. The molecule has 0 aliphatic carbocycles. The zero-order chi connectivity index (χ0) is 25.6. The van der Waals surface area contributed by atoms with E-state index in [0.717, 1.165) is 44.3 Å². The summed E-state index contributed by atoms with van der Waals surface area (Å²) in [6.07, 6.45) is 0. The van der Waals surface area contributed by atoms with Gasteiger partial charge in [0.2, 0.25) is 0 Å². The van der Waals surface area contributed by atoms with Gasteiger partial charge in [-0.15, -0.1) is 0 Å². The van der Waals surface area contributed by atoms with Crippen molar-refractivity contribution < 1.29 is 0 Å². The van der Waals surface area contributed by atoms with E-state index in [4.69, 9.17) is 33.1 Å². The van der Waals surface area contributed by atoms with Crippen LogP contribution in [0.15, 0.2) is 97.1 Å². The van der Waals surface area contributed by atoms with Crippen LogP contribution in [0.2, 0.25) is 0 Å². The largest absolute Gasteiger partial charge is 0.244 e. The van der Waals surface area contributed by atoms with E-state index >= 15 is 0 Å². The van der Waals surface area contributed by atoms with Crippen LogP contribution in [0.4, 0.5) is 11.4 Å². The lowest BCUT2D eigenvalue weighted by molar-refractivity contribution is 1.36. The Hall–Kier alpha value is -5.72. The summed E-state index contributed by atoms with van der Waals surface area (Å²) in [5.74, 6) is 0. The van der Waals surface area contributed by atoms with E-state index < -0.39 is 0 Å². The molecule has 0 spiro atoms. The van der Waals surface area contributed by atoms with Crippen molar-refractivity contribution in [2.45, 2.75) is 0 Å². The van der Waals surface area contributed by atoms with E-state index in [2.05, 4.69) is 9.69 Å². The summed E-state index contributed by atoms with van der Waals surface area (Å²) in [6.45, 7) is 15.2. The number of hydrogen-bond acceptors (Lipinski definition) is 4. The molecule has 0 aliphatic heterocycles. The van der Waals surface area contributed by atoms with E-state index in [1.54, 1.807) is 12.1 Å². The summed E-state index contributed by atoms with van der Waals surface area (Å²) in [5, 5.41) is 0. The quantitative estimate of drug-likeness (QED) is 0.141. The second-order valence-corrected chi connectivity index (χ2v) is 8.89. The van der Waals surface area contributed by atoms with Crippen molar-refractivity contribution in [3.8, 4) is 22.3 Å². The highest BCUT2D eigenvalue weighted by atomic mass is 14.9. The van der Waals surface area contributed by atoms with E-state index in [0.29, 0.717) is 33.4 Å². The number of fused-ring (bicyclic) bond motifs is 5. The topological polar surface area (TPSA) is 60.3 Å². The predicted octanol–water partition coefficient (Wildman–Crippen LogP) is 8.31. The molecular weight excluding hydrogens is 468 g/mol. The van der Waals surface area contributed by atoms with Crippen LogP contribution in [0.1, 0.15) is 0 Å². The molecule has 7 aromatic rings. The maximum absolute atomic E-state index is 7.61. The Balaban J connectivity index is 1.78. The molecule has 0 atom stereocenters. The number of aromatic nitrogens is 4. The second-order valence-electron chi connectivity index (χ2n) is 8.89. The molecule has 6 heteroatoms. The lowest BCUT2D eigenvalue weighted by Gasteiger charge is -2.17. The Kier molecular flexibility index (Phi) is 4.79. The van der Waals surface area contributed by atoms with Gasteiger partial charge in [-0.1, -0.05) is 60.7 Å². The number of benzene rings is 5. The molecule has 2 aromatic heterocycles. The lowest BCUT2D eigenvalue weighted by atomic mass is 9.90. The molecule has 0 saturated carbocycles. The maximum atomic E-state index is 7.61. The van der Waals surface area contributed by atoms with Crippen LogP contribution >= 0.6 is 0 Å². The summed E-state index contributed by atoms with van der Waals surface area (Å²) in [5.41, 5.74) is 10.00. The first-order valence-corrected chi connectivity index (χ1v) is 12.0. The fourth-order valence-corrected chi connectivity index (χ4v) is 4.94. The van der Waals surface area contributed by atoms with Gasteiger partial charge in [0.1, 0.15) is 22.1 Å². The minimum atomic E-state index is 0.523. The van der Waals surface area contributed by atoms with Gasteiger partial charge < -0.3 is 0 Å². The van der Waals surface area contributed by atoms with Gasteiger partial charge in [0.25, 0.3) is 0 Å². The highest BCUT2D eigenvalue weighted by Crippen LogP contribution is 2.44. The van der Waals surface area contributed by atoms with Crippen molar-refractivity contribution in [2.24, 2.45) is 0 Å². The molecular formula is C32H16N6. The van der Waals surface area contributed by atoms with E-state index in [1.807, 2.05) is 84.9 Å². The summed E-state index contributed by atoms with van der Waals surface area (Å²) >= 11 is 0. The predicted molar refractivity (Wildman–Crippen MR) is 151 cm³/mol. The average Bonchev–Trinajstić information content (AvgIpc) is 2.98. The smallest absolute Gasteiger partial charge is 0.187 e. The normalized spacial score (nSPS) is 11.1. The molecule has 0 unspecified atom stereocenters. The van der Waals surface area contributed by atoms with Crippen molar-refractivity contribution in [3.63, 3.8) is 0 Å². The molecule has 7 rings (SSSR count). The minimum Gasteiger partial charge on any atom is -0.244 e. The van der Waals surface area contributed by atoms with Gasteiger partial charge in [-0.3, -0.25) is 0 Å². The number of para-hydroxylation sites is 4. The van der Waals surface area contributed by atoms with Gasteiger partial charge >= 0.3 is 0 Å². The standard InChI is InChI=1S/C32H16N6/c1-33-21-11-7-9-19(17-21)27-28(20-10-8-12-22(18-20)34-2)30-32(38-26-16-6-4-14-24(26)36-30)31-29(27)35-23-13-3-5-15-25(23)37-31/h3-18H. The molecule has 0 aliphatic rings. The third kappa shape index (κ3) is 3.33. The van der Waals surface area contributed by atoms with E-state index in [1.165, 1.54) is 0 Å². The zero-order valence-corrected chi connectivity index (χ0v) is 19.9. The summed E-state index contributed by atoms with van der Waals surface area (Å²) < 4.78 is 0. The molecule has 0 bridgehead atoms. The molecule has 5 aromatic carbocycles. The van der Waals surface area contributed by atoms with Gasteiger partial charge in [0, 0.05) is 11.1 Å². The molecule has 0 fully saturated rings. The average molecular weight is 485 g/mol. The van der Waals surface area contributed by atoms with Crippen LogP contribution in [-0.2, 0) is 0 Å². The maximum Gasteiger partial charge on any atom is 0.187 e. The summed E-state index contributed by atoms with van der Waals surface area (Å²) in [7, 11) is 0. The van der Waals surface area contributed by atoms with Crippen molar-refractivity contribution in [1.82, 2.24) is 19.9 Å². The third-order valence-corrected chi connectivity index (χ3v) is 6.62. The molecule has 0 radical (unpaired) electrons. The molecule has 6 nitrogen and oxygen atoms in total. The van der Waals surface area contributed by atoms with Gasteiger partial charge in [-0.2, -0.15) is 0 Å². The number of rotatable bonds is 2. The monoisotopic (exact) mass is 484 g/mol. The van der Waals surface area contributed by atoms with Crippen molar-refractivity contribution in [1.29, 1.82) is 0 Å². The second kappa shape index (κ2) is 8.44. The van der Waals surface area contributed by atoms with Crippen LogP contribution < -0.4 is 0 Å². The van der Waals surface area contributed by atoms with Crippen molar-refractivity contribution in [2.75, 3.05) is 0 Å². The summed E-state index contributed by atoms with van der Waals surface area (Å²) in [4.78, 5) is 27.6. The highest BCUT2D eigenvalue weighted by molar-refractivity contribution is 6.19.